The molecule has 162 valence electrons. The number of hydrogen-bond acceptors (Lipinski definition) is 1. The van der Waals surface area contributed by atoms with Crippen LogP contribution in [0.25, 0.3) is 16.7 Å². The summed E-state index contributed by atoms with van der Waals surface area (Å²) in [6.07, 6.45) is 4.66. The lowest BCUT2D eigenvalue weighted by Crippen LogP contribution is -2.48. The third kappa shape index (κ3) is 4.03. The second kappa shape index (κ2) is 8.58. The smallest absolute Gasteiger partial charge is 0.318 e. The van der Waals surface area contributed by atoms with Crippen LogP contribution < -0.4 is 5.32 Å². The Bertz CT molecular complexity index is 1160. The maximum Gasteiger partial charge on any atom is 0.318 e. The highest BCUT2D eigenvalue weighted by molar-refractivity contribution is 5.79. The fourth-order valence-corrected chi connectivity index (χ4v) is 4.80. The van der Waals surface area contributed by atoms with Crippen molar-refractivity contribution in [2.75, 3.05) is 0 Å². The standard InChI is InChI=1S/C27H24F2N2O/c28-22-9-6-18(7-10-22)17-30-27(32)31-23-11-12-24(31)15-21(14-23)20-8-13-25(26(29)16-20)19-4-2-1-3-5-19/h1-10,13-14,16,23-24H,11-12,15,17H2,(H,30,32). The number of benzene rings is 3. The Morgan fingerprint density at radius 1 is 0.938 bits per heavy atom. The van der Waals surface area contributed by atoms with Crippen molar-refractivity contribution in [2.45, 2.75) is 37.9 Å². The molecule has 0 aliphatic carbocycles. The van der Waals surface area contributed by atoms with Gasteiger partial charge in [-0.05, 0) is 59.7 Å². The van der Waals surface area contributed by atoms with Crippen molar-refractivity contribution in [1.29, 1.82) is 0 Å². The van der Waals surface area contributed by atoms with Gasteiger partial charge in [0.1, 0.15) is 11.6 Å². The highest BCUT2D eigenvalue weighted by atomic mass is 19.1. The molecular formula is C27H24F2N2O. The summed E-state index contributed by atoms with van der Waals surface area (Å²) in [5.41, 5.74) is 4.28. The van der Waals surface area contributed by atoms with Gasteiger partial charge in [0.15, 0.2) is 0 Å². The van der Waals surface area contributed by atoms with E-state index in [1.807, 2.05) is 47.4 Å². The van der Waals surface area contributed by atoms with Crippen molar-refractivity contribution in [3.8, 4) is 11.1 Å². The third-order valence-electron chi connectivity index (χ3n) is 6.41. The first-order chi connectivity index (χ1) is 15.6. The molecule has 0 spiro atoms. The van der Waals surface area contributed by atoms with Crippen molar-refractivity contribution >= 4 is 11.6 Å². The van der Waals surface area contributed by atoms with Crippen LogP contribution in [0.3, 0.4) is 0 Å². The van der Waals surface area contributed by atoms with E-state index >= 15 is 0 Å². The third-order valence-corrected chi connectivity index (χ3v) is 6.41. The molecular weight excluding hydrogens is 406 g/mol. The SMILES string of the molecule is O=C(NCc1ccc(F)cc1)N1C2C=C(c3ccc(-c4ccccc4)c(F)c3)CC1CC2. The fraction of sp³-hybridized carbons (Fsp3) is 0.222. The largest absolute Gasteiger partial charge is 0.334 e. The molecule has 5 rings (SSSR count). The number of nitrogens with zero attached hydrogens (tertiary/aromatic N) is 1. The molecule has 0 saturated carbocycles. The Balaban J connectivity index is 1.30. The zero-order valence-corrected chi connectivity index (χ0v) is 17.6. The first kappa shape index (κ1) is 20.4. The van der Waals surface area contributed by atoms with Gasteiger partial charge in [0.05, 0.1) is 6.04 Å². The first-order valence-electron chi connectivity index (χ1n) is 10.9. The van der Waals surface area contributed by atoms with Crippen LogP contribution in [-0.4, -0.2) is 23.0 Å². The second-order valence-electron chi connectivity index (χ2n) is 8.45. The number of fused-ring (bicyclic) bond motifs is 2. The van der Waals surface area contributed by atoms with Crippen LogP contribution in [0, 0.1) is 11.6 Å². The van der Waals surface area contributed by atoms with Crippen LogP contribution in [-0.2, 0) is 6.54 Å². The lowest BCUT2D eigenvalue weighted by Gasteiger charge is -2.34. The molecule has 3 aromatic rings. The van der Waals surface area contributed by atoms with Crippen molar-refractivity contribution < 1.29 is 13.6 Å². The maximum absolute atomic E-state index is 14.9. The van der Waals surface area contributed by atoms with Gasteiger partial charge in [-0.3, -0.25) is 0 Å². The van der Waals surface area contributed by atoms with Crippen molar-refractivity contribution in [3.05, 3.63) is 102 Å². The van der Waals surface area contributed by atoms with Crippen molar-refractivity contribution in [3.63, 3.8) is 0 Å². The number of rotatable bonds is 4. The van der Waals surface area contributed by atoms with E-state index < -0.39 is 0 Å². The normalized spacial score (nSPS) is 19.6. The van der Waals surface area contributed by atoms with Gasteiger partial charge in [-0.25, -0.2) is 13.6 Å². The minimum Gasteiger partial charge on any atom is -0.334 e. The van der Waals surface area contributed by atoms with Crippen LogP contribution in [0.1, 0.15) is 30.4 Å². The Morgan fingerprint density at radius 2 is 1.72 bits per heavy atom. The molecule has 2 atom stereocenters. The second-order valence-corrected chi connectivity index (χ2v) is 8.45. The highest BCUT2D eigenvalue weighted by Gasteiger charge is 2.39. The quantitative estimate of drug-likeness (QED) is 0.528. The molecule has 2 aliphatic heterocycles. The Labute approximate surface area is 186 Å². The average Bonchev–Trinajstić information content (AvgIpc) is 3.08. The van der Waals surface area contributed by atoms with Crippen LogP contribution >= 0.6 is 0 Å². The summed E-state index contributed by atoms with van der Waals surface area (Å²) in [6.45, 7) is 0.359. The molecule has 3 aromatic carbocycles. The monoisotopic (exact) mass is 430 g/mol. The van der Waals surface area contributed by atoms with Crippen LogP contribution in [0.2, 0.25) is 0 Å². The summed E-state index contributed by atoms with van der Waals surface area (Å²) in [6, 6.07) is 21.1. The van der Waals surface area contributed by atoms with Crippen molar-refractivity contribution in [2.24, 2.45) is 0 Å². The Hall–Kier alpha value is -3.47. The van der Waals surface area contributed by atoms with E-state index in [2.05, 4.69) is 11.4 Å². The number of hydrogen-bond donors (Lipinski definition) is 1. The number of carbonyl (C=O) groups is 1. The average molecular weight is 430 g/mol. The van der Waals surface area contributed by atoms with Gasteiger partial charge in [0.2, 0.25) is 0 Å². The summed E-state index contributed by atoms with van der Waals surface area (Å²) in [4.78, 5) is 14.8. The van der Waals surface area contributed by atoms with Gasteiger partial charge < -0.3 is 10.2 Å². The number of amides is 2. The van der Waals surface area contributed by atoms with Crippen LogP contribution in [0.4, 0.5) is 13.6 Å². The predicted octanol–water partition coefficient (Wildman–Crippen LogP) is 6.16. The molecule has 1 saturated heterocycles. The fourth-order valence-electron chi connectivity index (χ4n) is 4.80. The molecule has 2 heterocycles. The van der Waals surface area contributed by atoms with E-state index in [4.69, 9.17) is 0 Å². The van der Waals surface area contributed by atoms with E-state index in [0.717, 1.165) is 35.1 Å². The minimum absolute atomic E-state index is 0.00817. The van der Waals surface area contributed by atoms with E-state index in [0.29, 0.717) is 18.5 Å². The van der Waals surface area contributed by atoms with Gasteiger partial charge in [-0.1, -0.05) is 60.7 Å². The molecule has 0 aromatic heterocycles. The maximum atomic E-state index is 14.9. The molecule has 1 N–H and O–H groups in total. The zero-order valence-electron chi connectivity index (χ0n) is 17.6. The Kier molecular flexibility index (Phi) is 5.48. The number of nitrogens with one attached hydrogen (secondary N) is 1. The minimum atomic E-state index is -0.292. The van der Waals surface area contributed by atoms with Crippen LogP contribution in [0.15, 0.2) is 78.9 Å². The van der Waals surface area contributed by atoms with E-state index in [1.165, 1.54) is 12.1 Å². The molecule has 5 heteroatoms. The lowest BCUT2D eigenvalue weighted by atomic mass is 9.93. The zero-order chi connectivity index (χ0) is 22.1. The molecule has 3 nitrogen and oxygen atoms in total. The molecule has 0 radical (unpaired) electrons. The lowest BCUT2D eigenvalue weighted by molar-refractivity contribution is 0.179. The summed E-state index contributed by atoms with van der Waals surface area (Å²) < 4.78 is 27.9. The molecule has 2 aliphatic rings. The van der Waals surface area contributed by atoms with E-state index in [1.54, 1.807) is 18.2 Å². The predicted molar refractivity (Wildman–Crippen MR) is 122 cm³/mol. The van der Waals surface area contributed by atoms with Gasteiger partial charge in [-0.15, -0.1) is 0 Å². The molecule has 2 bridgehead atoms. The molecule has 32 heavy (non-hydrogen) atoms. The van der Waals surface area contributed by atoms with Crippen LogP contribution in [0.5, 0.6) is 0 Å². The van der Waals surface area contributed by atoms with E-state index in [9.17, 15) is 13.6 Å². The highest BCUT2D eigenvalue weighted by Crippen LogP contribution is 2.39. The van der Waals surface area contributed by atoms with Crippen molar-refractivity contribution in [1.82, 2.24) is 10.2 Å². The number of carbonyl (C=O) groups excluding carboxylic acids is 1. The topological polar surface area (TPSA) is 32.3 Å². The summed E-state index contributed by atoms with van der Waals surface area (Å²) >= 11 is 0. The summed E-state index contributed by atoms with van der Waals surface area (Å²) in [7, 11) is 0. The van der Waals surface area contributed by atoms with E-state index in [-0.39, 0.29) is 29.7 Å². The molecule has 1 fully saturated rings. The summed E-state index contributed by atoms with van der Waals surface area (Å²) in [5.74, 6) is -0.526. The number of halogens is 2. The molecule has 2 amide bonds. The van der Waals surface area contributed by atoms with Gasteiger partial charge in [-0.2, -0.15) is 0 Å². The first-order valence-corrected chi connectivity index (χ1v) is 10.9. The van der Waals surface area contributed by atoms with Gasteiger partial charge in [0.25, 0.3) is 0 Å². The summed E-state index contributed by atoms with van der Waals surface area (Å²) in [5, 5.41) is 2.95. The van der Waals surface area contributed by atoms with Gasteiger partial charge in [0, 0.05) is 18.2 Å². The Morgan fingerprint density at radius 3 is 2.44 bits per heavy atom. The number of urea groups is 1. The van der Waals surface area contributed by atoms with Gasteiger partial charge >= 0.3 is 6.03 Å². The molecule has 2 unspecified atom stereocenters.